The number of rotatable bonds is 6. The lowest BCUT2D eigenvalue weighted by Crippen LogP contribution is -2.16. The number of carbonyl (C=O) groups is 2. The number of fused-ring (bicyclic) bond motifs is 1. The van der Waals surface area contributed by atoms with Crippen LogP contribution in [0.15, 0.2) is 36.4 Å². The van der Waals surface area contributed by atoms with Gasteiger partial charge in [-0.3, -0.25) is 9.59 Å². The number of ketones is 1. The van der Waals surface area contributed by atoms with Crippen molar-refractivity contribution in [1.29, 1.82) is 0 Å². The zero-order valence-electron chi connectivity index (χ0n) is 14.0. The topological polar surface area (TPSA) is 71.1 Å². The Morgan fingerprint density at radius 3 is 2.68 bits per heavy atom. The molecule has 0 atom stereocenters. The van der Waals surface area contributed by atoms with Crippen LogP contribution in [0.1, 0.15) is 21.5 Å². The largest absolute Gasteiger partial charge is 0.496 e. The molecule has 0 aliphatic carbocycles. The molecule has 2 aromatic carbocycles. The molecule has 0 spiro atoms. The van der Waals surface area contributed by atoms with Gasteiger partial charge in [0.05, 0.1) is 13.5 Å². The lowest BCUT2D eigenvalue weighted by molar-refractivity contribution is -0.141. The molecule has 6 heteroatoms. The lowest BCUT2D eigenvalue weighted by Gasteiger charge is -2.09. The summed E-state index contributed by atoms with van der Waals surface area (Å²) in [5.74, 6) is 0.937. The first-order valence-electron chi connectivity index (χ1n) is 7.79. The van der Waals surface area contributed by atoms with Crippen molar-refractivity contribution < 1.29 is 28.5 Å². The molecule has 0 saturated carbocycles. The molecule has 2 aromatic rings. The van der Waals surface area contributed by atoms with Gasteiger partial charge in [0.2, 0.25) is 6.79 Å². The maximum atomic E-state index is 12.2. The quantitative estimate of drug-likeness (QED) is 0.594. The minimum atomic E-state index is -0.488. The molecule has 1 aliphatic rings. The Morgan fingerprint density at radius 2 is 1.88 bits per heavy atom. The highest BCUT2D eigenvalue weighted by Gasteiger charge is 2.18. The minimum absolute atomic E-state index is 0.0409. The Kier molecular flexibility index (Phi) is 4.88. The Balaban J connectivity index is 1.59. The van der Waals surface area contributed by atoms with E-state index in [4.69, 9.17) is 18.9 Å². The minimum Gasteiger partial charge on any atom is -0.496 e. The predicted molar refractivity (Wildman–Crippen MR) is 89.3 cm³/mol. The highest BCUT2D eigenvalue weighted by atomic mass is 16.7. The van der Waals surface area contributed by atoms with E-state index in [1.165, 1.54) is 0 Å². The number of hydrogen-bond donors (Lipinski definition) is 0. The molecule has 130 valence electrons. The number of Topliss-reactive ketones (excluding diaryl/α,β-unsaturated/α-hetero) is 1. The highest BCUT2D eigenvalue weighted by Crippen LogP contribution is 2.32. The first-order chi connectivity index (χ1) is 12.1. The van der Waals surface area contributed by atoms with Crippen LogP contribution in [0, 0.1) is 6.92 Å². The molecule has 25 heavy (non-hydrogen) atoms. The molecular weight excluding hydrogens is 324 g/mol. The number of ether oxygens (including phenoxy) is 4. The van der Waals surface area contributed by atoms with Crippen LogP contribution < -0.4 is 14.2 Å². The molecule has 0 N–H and O–H groups in total. The first-order valence-corrected chi connectivity index (χ1v) is 7.79. The molecule has 0 bridgehead atoms. The maximum Gasteiger partial charge on any atom is 0.310 e. The van der Waals surface area contributed by atoms with E-state index in [-0.39, 0.29) is 25.6 Å². The molecule has 1 aliphatic heterocycles. The molecule has 0 amide bonds. The summed E-state index contributed by atoms with van der Waals surface area (Å²) in [6.45, 7) is 1.74. The van der Waals surface area contributed by atoms with Crippen LogP contribution in [-0.2, 0) is 16.0 Å². The van der Waals surface area contributed by atoms with E-state index in [0.717, 1.165) is 11.1 Å². The second-order valence-electron chi connectivity index (χ2n) is 5.64. The Labute approximate surface area is 145 Å². The summed E-state index contributed by atoms with van der Waals surface area (Å²) in [5, 5.41) is 0. The third-order valence-corrected chi connectivity index (χ3v) is 3.83. The summed E-state index contributed by atoms with van der Waals surface area (Å²) in [6.07, 6.45) is 0.0409. The van der Waals surface area contributed by atoms with Crippen LogP contribution in [0.5, 0.6) is 17.2 Å². The van der Waals surface area contributed by atoms with E-state index in [1.807, 2.05) is 19.1 Å². The molecule has 0 radical (unpaired) electrons. The fourth-order valence-corrected chi connectivity index (χ4v) is 2.55. The molecule has 0 aromatic heterocycles. The number of benzene rings is 2. The number of methoxy groups -OCH3 is 1. The Hall–Kier alpha value is -3.02. The Morgan fingerprint density at radius 1 is 1.08 bits per heavy atom. The van der Waals surface area contributed by atoms with Crippen LogP contribution in [0.25, 0.3) is 0 Å². The van der Waals surface area contributed by atoms with Gasteiger partial charge >= 0.3 is 5.97 Å². The number of carbonyl (C=O) groups excluding carboxylic acids is 2. The van der Waals surface area contributed by atoms with Crippen LogP contribution in [0.3, 0.4) is 0 Å². The van der Waals surface area contributed by atoms with Gasteiger partial charge in [-0.1, -0.05) is 17.7 Å². The van der Waals surface area contributed by atoms with Crippen LogP contribution in [-0.4, -0.2) is 32.3 Å². The molecular formula is C19H18O6. The average Bonchev–Trinajstić information content (AvgIpc) is 3.07. The van der Waals surface area contributed by atoms with E-state index in [0.29, 0.717) is 22.8 Å². The van der Waals surface area contributed by atoms with Crippen molar-refractivity contribution in [3.63, 3.8) is 0 Å². The fraction of sp³-hybridized carbons (Fsp3) is 0.263. The van der Waals surface area contributed by atoms with Crippen molar-refractivity contribution in [3.05, 3.63) is 53.1 Å². The predicted octanol–water partition coefficient (Wildman–Crippen LogP) is 2.70. The van der Waals surface area contributed by atoms with Crippen molar-refractivity contribution in [2.45, 2.75) is 13.3 Å². The van der Waals surface area contributed by atoms with E-state index >= 15 is 0 Å². The second-order valence-corrected chi connectivity index (χ2v) is 5.64. The van der Waals surface area contributed by atoms with Gasteiger partial charge in [0.1, 0.15) is 5.75 Å². The third kappa shape index (κ3) is 3.91. The third-order valence-electron chi connectivity index (χ3n) is 3.83. The summed E-state index contributed by atoms with van der Waals surface area (Å²) < 4.78 is 20.8. The smallest absolute Gasteiger partial charge is 0.310 e. The molecule has 0 fully saturated rings. The summed E-state index contributed by atoms with van der Waals surface area (Å²) in [5.41, 5.74) is 2.15. The zero-order valence-corrected chi connectivity index (χ0v) is 14.0. The van der Waals surface area contributed by atoms with Gasteiger partial charge in [-0.25, -0.2) is 0 Å². The van der Waals surface area contributed by atoms with Gasteiger partial charge in [0, 0.05) is 11.1 Å². The molecule has 3 rings (SSSR count). The molecule has 0 saturated heterocycles. The molecule has 6 nitrogen and oxygen atoms in total. The number of hydrogen-bond acceptors (Lipinski definition) is 6. The van der Waals surface area contributed by atoms with Crippen LogP contribution in [0.4, 0.5) is 0 Å². The summed E-state index contributed by atoms with van der Waals surface area (Å²) in [4.78, 5) is 24.2. The van der Waals surface area contributed by atoms with Gasteiger partial charge in [-0.05, 0) is 31.2 Å². The second kappa shape index (κ2) is 7.25. The van der Waals surface area contributed by atoms with Crippen molar-refractivity contribution in [2.24, 2.45) is 0 Å². The SMILES string of the molecule is COc1ccc(C)cc1CC(=O)OCC(=O)c1ccc2c(c1)OCO2. The standard InChI is InChI=1S/C19H18O6/c1-12-3-5-16(22-2)14(7-12)9-19(21)23-10-15(20)13-4-6-17-18(8-13)25-11-24-17/h3-8H,9-11H2,1-2H3. The normalized spacial score (nSPS) is 11.9. The van der Waals surface area contributed by atoms with Crippen LogP contribution >= 0.6 is 0 Å². The van der Waals surface area contributed by atoms with Gasteiger partial charge < -0.3 is 18.9 Å². The lowest BCUT2D eigenvalue weighted by atomic mass is 10.1. The monoisotopic (exact) mass is 342 g/mol. The van der Waals surface area contributed by atoms with Crippen molar-refractivity contribution in [2.75, 3.05) is 20.5 Å². The maximum absolute atomic E-state index is 12.2. The first kappa shape index (κ1) is 16.8. The van der Waals surface area contributed by atoms with Crippen LogP contribution in [0.2, 0.25) is 0 Å². The van der Waals surface area contributed by atoms with Crippen molar-refractivity contribution >= 4 is 11.8 Å². The van der Waals surface area contributed by atoms with Gasteiger partial charge in [-0.2, -0.15) is 0 Å². The molecule has 0 unspecified atom stereocenters. The van der Waals surface area contributed by atoms with Gasteiger partial charge in [-0.15, -0.1) is 0 Å². The molecule has 1 heterocycles. The van der Waals surface area contributed by atoms with Crippen molar-refractivity contribution in [3.8, 4) is 17.2 Å². The van der Waals surface area contributed by atoms with E-state index in [1.54, 1.807) is 31.4 Å². The summed E-state index contributed by atoms with van der Waals surface area (Å²) in [7, 11) is 1.54. The van der Waals surface area contributed by atoms with E-state index in [9.17, 15) is 9.59 Å². The number of aryl methyl sites for hydroxylation is 1. The van der Waals surface area contributed by atoms with E-state index < -0.39 is 5.97 Å². The van der Waals surface area contributed by atoms with Gasteiger partial charge in [0.25, 0.3) is 0 Å². The van der Waals surface area contributed by atoms with Gasteiger partial charge in [0.15, 0.2) is 23.9 Å². The summed E-state index contributed by atoms with van der Waals surface area (Å²) >= 11 is 0. The average molecular weight is 342 g/mol. The Bertz CT molecular complexity index is 812. The summed E-state index contributed by atoms with van der Waals surface area (Å²) in [6, 6.07) is 10.4. The zero-order chi connectivity index (χ0) is 17.8. The fourth-order valence-electron chi connectivity index (χ4n) is 2.55. The van der Waals surface area contributed by atoms with Crippen molar-refractivity contribution in [1.82, 2.24) is 0 Å². The van der Waals surface area contributed by atoms with E-state index in [2.05, 4.69) is 0 Å². The highest BCUT2D eigenvalue weighted by molar-refractivity contribution is 5.98. The number of esters is 1.